The van der Waals surface area contributed by atoms with Gasteiger partial charge >= 0.3 is 0 Å². The first kappa shape index (κ1) is 12.5. The monoisotopic (exact) mass is 273 g/mol. The summed E-state index contributed by atoms with van der Waals surface area (Å²) in [5, 5.41) is 11.2. The maximum absolute atomic E-state index is 5.54. The average molecular weight is 274 g/mol. The second kappa shape index (κ2) is 5.59. The molecule has 17 heavy (non-hydrogen) atoms. The topological polar surface area (TPSA) is 60.2 Å². The van der Waals surface area contributed by atoms with Crippen molar-refractivity contribution >= 4 is 23.7 Å². The van der Waals surface area contributed by atoms with Gasteiger partial charge in [-0.25, -0.2) is 0 Å². The Morgan fingerprint density at radius 1 is 1.47 bits per heavy atom. The van der Waals surface area contributed by atoms with Crippen LogP contribution in [-0.2, 0) is 4.74 Å². The van der Waals surface area contributed by atoms with Crippen molar-refractivity contribution in [1.29, 1.82) is 0 Å². The Bertz CT molecular complexity index is 454. The number of aromatic nitrogens is 2. The van der Waals surface area contributed by atoms with E-state index in [0.717, 1.165) is 18.7 Å². The molecule has 0 bridgehead atoms. The van der Waals surface area contributed by atoms with Crippen LogP contribution < -0.4 is 5.32 Å². The largest absolute Gasteiger partial charge is 0.366 e. The maximum atomic E-state index is 5.54. The number of thiophene rings is 1. The molecule has 0 amide bonds. The molecule has 0 aliphatic carbocycles. The minimum atomic E-state index is -0.117. The van der Waals surface area contributed by atoms with Gasteiger partial charge in [-0.15, -0.1) is 12.4 Å². The van der Waals surface area contributed by atoms with Gasteiger partial charge in [-0.3, -0.25) is 0 Å². The zero-order chi connectivity index (χ0) is 10.8. The molecule has 0 aromatic carbocycles. The second-order valence-corrected chi connectivity index (χ2v) is 4.31. The Kier molecular flexibility index (Phi) is 4.11. The van der Waals surface area contributed by atoms with Crippen LogP contribution in [0.1, 0.15) is 12.0 Å². The summed E-state index contributed by atoms with van der Waals surface area (Å²) in [5.41, 5.74) is 0.990. The number of hydrogen-bond donors (Lipinski definition) is 1. The molecular weight excluding hydrogens is 262 g/mol. The van der Waals surface area contributed by atoms with Gasteiger partial charge in [0.25, 0.3) is 5.89 Å². The molecule has 3 rings (SSSR count). The van der Waals surface area contributed by atoms with Crippen molar-refractivity contribution in [1.82, 2.24) is 15.5 Å². The van der Waals surface area contributed by atoms with E-state index in [1.165, 1.54) is 0 Å². The lowest BCUT2D eigenvalue weighted by Crippen LogP contribution is -2.33. The minimum absolute atomic E-state index is 0. The summed E-state index contributed by atoms with van der Waals surface area (Å²) >= 11 is 1.61. The van der Waals surface area contributed by atoms with Gasteiger partial charge in [0.15, 0.2) is 0 Å². The van der Waals surface area contributed by atoms with Crippen LogP contribution in [0, 0.1) is 0 Å². The van der Waals surface area contributed by atoms with Crippen LogP contribution in [0.4, 0.5) is 0 Å². The lowest BCUT2D eigenvalue weighted by atomic mass is 10.3. The molecule has 1 N–H and O–H groups in total. The lowest BCUT2D eigenvalue weighted by Gasteiger charge is -2.19. The van der Waals surface area contributed by atoms with E-state index in [0.29, 0.717) is 18.3 Å². The number of rotatable bonds is 2. The van der Waals surface area contributed by atoms with E-state index in [2.05, 4.69) is 15.5 Å². The van der Waals surface area contributed by atoms with Gasteiger partial charge < -0.3 is 14.6 Å². The highest BCUT2D eigenvalue weighted by Gasteiger charge is 2.22. The summed E-state index contributed by atoms with van der Waals surface area (Å²) in [5.74, 6) is 1.18. The summed E-state index contributed by atoms with van der Waals surface area (Å²) in [6, 6.07) is 1.97. The van der Waals surface area contributed by atoms with Crippen LogP contribution in [0.5, 0.6) is 0 Å². The molecule has 0 unspecified atom stereocenters. The number of ether oxygens (including phenoxy) is 1. The third-order valence-corrected chi connectivity index (χ3v) is 3.11. The fourth-order valence-electron chi connectivity index (χ4n) is 1.60. The normalized spacial score (nSPS) is 19.9. The van der Waals surface area contributed by atoms with Crippen LogP contribution in [0.2, 0.25) is 0 Å². The van der Waals surface area contributed by atoms with Crippen molar-refractivity contribution in [2.45, 2.75) is 6.10 Å². The SMILES string of the molecule is Cl.c1cc(-c2noc([C@@H]3CNCCO3)n2)cs1. The van der Waals surface area contributed by atoms with Gasteiger partial charge in [-0.2, -0.15) is 16.3 Å². The average Bonchev–Trinajstić information content (AvgIpc) is 3.01. The molecule has 5 nitrogen and oxygen atoms in total. The van der Waals surface area contributed by atoms with E-state index < -0.39 is 0 Å². The van der Waals surface area contributed by atoms with E-state index in [1.54, 1.807) is 11.3 Å². The molecule has 2 aromatic rings. The molecule has 1 atom stereocenters. The van der Waals surface area contributed by atoms with Crippen molar-refractivity contribution < 1.29 is 9.26 Å². The third-order valence-electron chi connectivity index (χ3n) is 2.42. The van der Waals surface area contributed by atoms with Gasteiger partial charge in [0, 0.05) is 24.0 Å². The fourth-order valence-corrected chi connectivity index (χ4v) is 2.23. The van der Waals surface area contributed by atoms with Crippen molar-refractivity contribution in [2.75, 3.05) is 19.7 Å². The maximum Gasteiger partial charge on any atom is 0.257 e. The molecule has 2 aromatic heterocycles. The van der Waals surface area contributed by atoms with Crippen molar-refractivity contribution in [2.24, 2.45) is 0 Å². The first-order chi connectivity index (χ1) is 7.93. The van der Waals surface area contributed by atoms with Gasteiger partial charge in [0.1, 0.15) is 6.10 Å². The molecule has 1 aliphatic heterocycles. The standard InChI is InChI=1S/C10H11N3O2S.ClH/c1-4-16-6-7(1)9-12-10(15-13-9)8-5-11-2-3-14-8;/h1,4,6,8,11H,2-3,5H2;1H/t8-;/m0./s1. The summed E-state index contributed by atoms with van der Waals surface area (Å²) < 4.78 is 10.7. The molecule has 0 saturated carbocycles. The summed E-state index contributed by atoms with van der Waals surface area (Å²) in [6.07, 6.45) is -0.117. The Balaban J connectivity index is 0.00000108. The summed E-state index contributed by atoms with van der Waals surface area (Å²) in [6.45, 7) is 2.29. The second-order valence-electron chi connectivity index (χ2n) is 3.53. The van der Waals surface area contributed by atoms with Crippen LogP contribution >= 0.6 is 23.7 Å². The zero-order valence-electron chi connectivity index (χ0n) is 8.96. The number of nitrogens with one attached hydrogen (secondary N) is 1. The summed E-state index contributed by atoms with van der Waals surface area (Å²) in [7, 11) is 0. The van der Waals surface area contributed by atoms with E-state index in [1.807, 2.05) is 16.8 Å². The molecule has 1 aliphatic rings. The zero-order valence-corrected chi connectivity index (χ0v) is 10.6. The minimum Gasteiger partial charge on any atom is -0.366 e. The van der Waals surface area contributed by atoms with Gasteiger partial charge in [0.05, 0.1) is 6.61 Å². The number of hydrogen-bond acceptors (Lipinski definition) is 6. The highest BCUT2D eigenvalue weighted by Crippen LogP contribution is 2.22. The first-order valence-electron chi connectivity index (χ1n) is 5.12. The summed E-state index contributed by atoms with van der Waals surface area (Å²) in [4.78, 5) is 4.34. The van der Waals surface area contributed by atoms with Gasteiger partial charge in [0.2, 0.25) is 5.82 Å². The highest BCUT2D eigenvalue weighted by molar-refractivity contribution is 7.08. The smallest absolute Gasteiger partial charge is 0.257 e. The Hall–Kier alpha value is -0.950. The van der Waals surface area contributed by atoms with Crippen molar-refractivity contribution in [3.8, 4) is 11.4 Å². The molecule has 1 fully saturated rings. The fraction of sp³-hybridized carbons (Fsp3) is 0.400. The highest BCUT2D eigenvalue weighted by atomic mass is 35.5. The molecular formula is C10H12ClN3O2S. The van der Waals surface area contributed by atoms with Crippen molar-refractivity contribution in [3.05, 3.63) is 22.7 Å². The van der Waals surface area contributed by atoms with Crippen molar-refractivity contribution in [3.63, 3.8) is 0 Å². The predicted octanol–water partition coefficient (Wildman–Crippen LogP) is 1.88. The molecule has 3 heterocycles. The van der Waals surface area contributed by atoms with E-state index >= 15 is 0 Å². The van der Waals surface area contributed by atoms with Crippen LogP contribution in [0.3, 0.4) is 0 Å². The number of halogens is 1. The molecule has 1 saturated heterocycles. The van der Waals surface area contributed by atoms with Crippen LogP contribution in [0.15, 0.2) is 21.3 Å². The van der Waals surface area contributed by atoms with Gasteiger partial charge in [-0.05, 0) is 11.4 Å². The number of morpholine rings is 1. The first-order valence-corrected chi connectivity index (χ1v) is 6.06. The van der Waals surface area contributed by atoms with Gasteiger partial charge in [-0.1, -0.05) is 5.16 Å². The van der Waals surface area contributed by atoms with E-state index in [4.69, 9.17) is 9.26 Å². The van der Waals surface area contributed by atoms with Crippen LogP contribution in [-0.4, -0.2) is 29.8 Å². The molecule has 0 radical (unpaired) electrons. The predicted molar refractivity (Wildman–Crippen MR) is 66.4 cm³/mol. The van der Waals surface area contributed by atoms with Crippen LogP contribution in [0.25, 0.3) is 11.4 Å². The number of nitrogens with zero attached hydrogens (tertiary/aromatic N) is 2. The quantitative estimate of drug-likeness (QED) is 0.905. The Morgan fingerprint density at radius 3 is 3.12 bits per heavy atom. The third kappa shape index (κ3) is 2.66. The molecule has 92 valence electrons. The Morgan fingerprint density at radius 2 is 2.41 bits per heavy atom. The van der Waals surface area contributed by atoms with E-state index in [9.17, 15) is 0 Å². The lowest BCUT2D eigenvalue weighted by molar-refractivity contribution is 0.00755. The molecule has 0 spiro atoms. The Labute approximate surface area is 109 Å². The van der Waals surface area contributed by atoms with E-state index in [-0.39, 0.29) is 18.5 Å². The molecule has 7 heteroatoms.